The number of hydrogen-bond acceptors (Lipinski definition) is 4. The largest absolute Gasteiger partial charge is 0.497 e. The zero-order valence-electron chi connectivity index (χ0n) is 18.3. The van der Waals surface area contributed by atoms with Crippen LogP contribution in [0.3, 0.4) is 0 Å². The Kier molecular flexibility index (Phi) is 6.21. The monoisotopic (exact) mass is 416 g/mol. The quantitative estimate of drug-likeness (QED) is 0.569. The molecule has 0 spiro atoms. The molecule has 0 aliphatic carbocycles. The van der Waals surface area contributed by atoms with Crippen LogP contribution < -0.4 is 9.47 Å². The molecular weight excluding hydrogens is 388 g/mol. The van der Waals surface area contributed by atoms with Crippen molar-refractivity contribution in [2.45, 2.75) is 32.2 Å². The lowest BCUT2D eigenvalue weighted by molar-refractivity contribution is -0.131. The predicted octanol–water partition coefficient (Wildman–Crippen LogP) is 4.98. The average molecular weight is 417 g/mol. The number of ether oxygens (including phenoxy) is 2. The molecular formula is C26H28N2O3. The number of rotatable bonds is 6. The molecule has 0 radical (unpaired) electrons. The first-order valence-electron chi connectivity index (χ1n) is 10.6. The molecule has 1 saturated heterocycles. The third-order valence-electron chi connectivity index (χ3n) is 5.82. The molecule has 5 nitrogen and oxygen atoms in total. The molecule has 2 aromatic carbocycles. The Morgan fingerprint density at radius 2 is 1.84 bits per heavy atom. The first-order valence-corrected chi connectivity index (χ1v) is 10.6. The van der Waals surface area contributed by atoms with Crippen molar-refractivity contribution in [1.29, 1.82) is 0 Å². The Morgan fingerprint density at radius 1 is 1.03 bits per heavy atom. The lowest BCUT2D eigenvalue weighted by Gasteiger charge is -2.25. The normalized spacial score (nSPS) is 15.7. The highest BCUT2D eigenvalue weighted by Gasteiger charge is 2.31. The Morgan fingerprint density at radius 3 is 2.58 bits per heavy atom. The first kappa shape index (κ1) is 20.9. The van der Waals surface area contributed by atoms with Gasteiger partial charge in [0.05, 0.1) is 32.4 Å². The minimum atomic E-state index is -0.00790. The van der Waals surface area contributed by atoms with Crippen LogP contribution in [0.2, 0.25) is 0 Å². The molecule has 2 heterocycles. The van der Waals surface area contributed by atoms with Gasteiger partial charge in [0, 0.05) is 17.8 Å². The number of methoxy groups -OCH3 is 2. The van der Waals surface area contributed by atoms with Gasteiger partial charge in [0.15, 0.2) is 0 Å². The number of likely N-dealkylation sites (tertiary alicyclic amines) is 1. The molecule has 1 aliphatic rings. The molecule has 0 saturated carbocycles. The second kappa shape index (κ2) is 9.21. The van der Waals surface area contributed by atoms with Gasteiger partial charge in [-0.2, -0.15) is 0 Å². The van der Waals surface area contributed by atoms with Crippen LogP contribution in [0.4, 0.5) is 0 Å². The van der Waals surface area contributed by atoms with Gasteiger partial charge in [0.25, 0.3) is 0 Å². The number of aryl methyl sites for hydroxylation is 1. The SMILES string of the molecule is COc1ccc(OC)c(CC(=O)N2CCCC2c2cc(-c3ccccc3)cc(C)n2)c1. The van der Waals surface area contributed by atoms with Crippen LogP contribution in [0.25, 0.3) is 11.1 Å². The number of amides is 1. The molecule has 1 aromatic heterocycles. The summed E-state index contributed by atoms with van der Waals surface area (Å²) in [4.78, 5) is 20.1. The van der Waals surface area contributed by atoms with E-state index in [1.807, 2.05) is 48.2 Å². The average Bonchev–Trinajstić information content (AvgIpc) is 3.29. The van der Waals surface area contributed by atoms with Gasteiger partial charge in [-0.3, -0.25) is 9.78 Å². The van der Waals surface area contributed by atoms with Crippen LogP contribution in [-0.2, 0) is 11.2 Å². The van der Waals surface area contributed by atoms with Gasteiger partial charge in [0.1, 0.15) is 11.5 Å². The fraction of sp³-hybridized carbons (Fsp3) is 0.308. The molecule has 0 bridgehead atoms. The summed E-state index contributed by atoms with van der Waals surface area (Å²) in [7, 11) is 3.24. The van der Waals surface area contributed by atoms with Gasteiger partial charge < -0.3 is 14.4 Å². The maximum Gasteiger partial charge on any atom is 0.227 e. The molecule has 3 aromatic rings. The minimum absolute atomic E-state index is 0.00790. The first-order chi connectivity index (χ1) is 15.1. The van der Waals surface area contributed by atoms with Crippen LogP contribution in [0.5, 0.6) is 11.5 Å². The van der Waals surface area contributed by atoms with E-state index < -0.39 is 0 Å². The van der Waals surface area contributed by atoms with Gasteiger partial charge >= 0.3 is 0 Å². The summed E-state index contributed by atoms with van der Waals surface area (Å²) < 4.78 is 10.8. The second-order valence-corrected chi connectivity index (χ2v) is 7.89. The summed E-state index contributed by atoms with van der Waals surface area (Å²) >= 11 is 0. The van der Waals surface area contributed by atoms with Crippen LogP contribution in [0, 0.1) is 6.92 Å². The number of nitrogens with zero attached hydrogens (tertiary/aromatic N) is 2. The zero-order valence-corrected chi connectivity index (χ0v) is 18.3. The van der Waals surface area contributed by atoms with E-state index in [1.165, 1.54) is 0 Å². The maximum atomic E-state index is 13.3. The highest BCUT2D eigenvalue weighted by Crippen LogP contribution is 2.34. The van der Waals surface area contributed by atoms with Gasteiger partial charge in [-0.05, 0) is 61.2 Å². The number of aromatic nitrogens is 1. The zero-order chi connectivity index (χ0) is 21.8. The minimum Gasteiger partial charge on any atom is -0.497 e. The van der Waals surface area contributed by atoms with E-state index in [9.17, 15) is 4.79 Å². The van der Waals surface area contributed by atoms with Crippen LogP contribution in [-0.4, -0.2) is 36.6 Å². The van der Waals surface area contributed by atoms with E-state index in [4.69, 9.17) is 14.5 Å². The lowest BCUT2D eigenvalue weighted by Crippen LogP contribution is -2.32. The molecule has 1 amide bonds. The molecule has 160 valence electrons. The second-order valence-electron chi connectivity index (χ2n) is 7.89. The fourth-order valence-corrected chi connectivity index (χ4v) is 4.32. The molecule has 1 unspecified atom stereocenters. The van der Waals surface area contributed by atoms with Crippen molar-refractivity contribution in [3.05, 3.63) is 77.6 Å². The number of carbonyl (C=O) groups is 1. The van der Waals surface area contributed by atoms with Gasteiger partial charge in [-0.15, -0.1) is 0 Å². The van der Waals surface area contributed by atoms with Gasteiger partial charge in [0.2, 0.25) is 5.91 Å². The van der Waals surface area contributed by atoms with E-state index in [0.29, 0.717) is 5.75 Å². The van der Waals surface area contributed by atoms with Crippen molar-refractivity contribution in [3.63, 3.8) is 0 Å². The van der Waals surface area contributed by atoms with E-state index in [-0.39, 0.29) is 18.4 Å². The number of benzene rings is 2. The highest BCUT2D eigenvalue weighted by molar-refractivity contribution is 5.80. The Balaban J connectivity index is 1.60. The highest BCUT2D eigenvalue weighted by atomic mass is 16.5. The number of carbonyl (C=O) groups excluding carboxylic acids is 1. The van der Waals surface area contributed by atoms with E-state index >= 15 is 0 Å². The Bertz CT molecular complexity index is 1070. The van der Waals surface area contributed by atoms with Crippen LogP contribution >= 0.6 is 0 Å². The molecule has 1 fully saturated rings. The van der Waals surface area contributed by atoms with Crippen molar-refractivity contribution in [1.82, 2.24) is 9.88 Å². The summed E-state index contributed by atoms with van der Waals surface area (Å²) in [6, 6.07) is 20.1. The standard InChI is InChI=1S/C26H28N2O3/c1-18-14-20(19-8-5-4-6-9-19)16-23(27-18)24-10-7-13-28(24)26(29)17-21-15-22(30-2)11-12-25(21)31-3/h4-6,8-9,11-12,14-16,24H,7,10,13,17H2,1-3H3. The molecule has 1 aliphatic heterocycles. The fourth-order valence-electron chi connectivity index (χ4n) is 4.32. The Hall–Kier alpha value is -3.34. The number of pyridine rings is 1. The number of hydrogen-bond donors (Lipinski definition) is 0. The van der Waals surface area contributed by atoms with E-state index in [0.717, 1.165) is 53.2 Å². The van der Waals surface area contributed by atoms with Crippen LogP contribution in [0.15, 0.2) is 60.7 Å². The van der Waals surface area contributed by atoms with E-state index in [2.05, 4.69) is 24.3 Å². The molecule has 1 atom stereocenters. The molecule has 4 rings (SSSR count). The smallest absolute Gasteiger partial charge is 0.227 e. The molecule has 0 N–H and O–H groups in total. The third-order valence-corrected chi connectivity index (χ3v) is 5.82. The van der Waals surface area contributed by atoms with E-state index in [1.54, 1.807) is 14.2 Å². The molecule has 5 heteroatoms. The third kappa shape index (κ3) is 4.55. The predicted molar refractivity (Wildman–Crippen MR) is 121 cm³/mol. The van der Waals surface area contributed by atoms with Crippen LogP contribution in [0.1, 0.15) is 35.8 Å². The summed E-state index contributed by atoms with van der Waals surface area (Å²) in [6.45, 7) is 2.75. The summed E-state index contributed by atoms with van der Waals surface area (Å²) in [5.74, 6) is 1.50. The van der Waals surface area contributed by atoms with Crippen molar-refractivity contribution >= 4 is 5.91 Å². The van der Waals surface area contributed by atoms with Crippen molar-refractivity contribution < 1.29 is 14.3 Å². The van der Waals surface area contributed by atoms with Gasteiger partial charge in [-0.25, -0.2) is 0 Å². The topological polar surface area (TPSA) is 51.7 Å². The Labute approximate surface area is 183 Å². The van der Waals surface area contributed by atoms with Crippen molar-refractivity contribution in [3.8, 4) is 22.6 Å². The summed E-state index contributed by atoms with van der Waals surface area (Å²) in [5.41, 5.74) is 5.05. The summed E-state index contributed by atoms with van der Waals surface area (Å²) in [6.07, 6.45) is 2.17. The summed E-state index contributed by atoms with van der Waals surface area (Å²) in [5, 5.41) is 0. The van der Waals surface area contributed by atoms with Crippen molar-refractivity contribution in [2.75, 3.05) is 20.8 Å². The maximum absolute atomic E-state index is 13.3. The lowest BCUT2D eigenvalue weighted by atomic mass is 10.0. The van der Waals surface area contributed by atoms with Crippen molar-refractivity contribution in [2.24, 2.45) is 0 Å². The molecule has 31 heavy (non-hydrogen) atoms. The van der Waals surface area contributed by atoms with Gasteiger partial charge in [-0.1, -0.05) is 30.3 Å².